The molecule has 7 heteroatoms. The highest BCUT2D eigenvalue weighted by Crippen LogP contribution is 2.31. The lowest BCUT2D eigenvalue weighted by Crippen LogP contribution is -2.42. The molecule has 1 unspecified atom stereocenters. The summed E-state index contributed by atoms with van der Waals surface area (Å²) in [5.41, 5.74) is 2.80. The summed E-state index contributed by atoms with van der Waals surface area (Å²) in [6.07, 6.45) is 5.14. The second-order valence-corrected chi connectivity index (χ2v) is 9.30. The fraction of sp³-hybridized carbons (Fsp3) is 0.360. The van der Waals surface area contributed by atoms with Crippen molar-refractivity contribution in [2.75, 3.05) is 13.1 Å². The normalized spacial score (nSPS) is 15.4. The van der Waals surface area contributed by atoms with Crippen molar-refractivity contribution in [3.63, 3.8) is 0 Å². The monoisotopic (exact) mass is 448 g/mol. The zero-order valence-corrected chi connectivity index (χ0v) is 19.3. The first-order valence-electron chi connectivity index (χ1n) is 11.0. The molecular formula is C25H28N4O2S. The van der Waals surface area contributed by atoms with Gasteiger partial charge in [-0.05, 0) is 37.3 Å². The number of amides is 2. The summed E-state index contributed by atoms with van der Waals surface area (Å²) < 4.78 is 0. The van der Waals surface area contributed by atoms with Gasteiger partial charge < -0.3 is 10.2 Å². The van der Waals surface area contributed by atoms with Crippen molar-refractivity contribution in [2.45, 2.75) is 33.2 Å². The van der Waals surface area contributed by atoms with Crippen molar-refractivity contribution in [3.8, 4) is 10.6 Å². The minimum atomic E-state index is -0.0845. The first-order valence-corrected chi connectivity index (χ1v) is 11.8. The maximum absolute atomic E-state index is 13.1. The van der Waals surface area contributed by atoms with Crippen molar-refractivity contribution >= 4 is 23.2 Å². The van der Waals surface area contributed by atoms with Crippen molar-refractivity contribution in [1.29, 1.82) is 0 Å². The van der Waals surface area contributed by atoms with E-state index in [9.17, 15) is 9.59 Å². The molecule has 1 atom stereocenters. The Morgan fingerprint density at radius 2 is 1.91 bits per heavy atom. The minimum Gasteiger partial charge on any atom is -0.352 e. The second-order valence-electron chi connectivity index (χ2n) is 8.30. The molecular weight excluding hydrogens is 420 g/mol. The molecule has 1 fully saturated rings. The first kappa shape index (κ1) is 22.1. The van der Waals surface area contributed by atoms with E-state index in [0.717, 1.165) is 34.7 Å². The van der Waals surface area contributed by atoms with Crippen LogP contribution in [-0.4, -0.2) is 39.8 Å². The maximum Gasteiger partial charge on any atom is 0.265 e. The SMILES string of the molecule is Cc1nc(-c2ccccc2)sc1C(=O)N1CCC(C(C)C(=O)NCc2cccnc2)CC1. The largest absolute Gasteiger partial charge is 0.352 e. The molecule has 1 aliphatic rings. The van der Waals surface area contributed by atoms with Crippen LogP contribution in [0.4, 0.5) is 0 Å². The van der Waals surface area contributed by atoms with Crippen LogP contribution in [-0.2, 0) is 11.3 Å². The van der Waals surface area contributed by atoms with Crippen LogP contribution < -0.4 is 5.32 Å². The quantitative estimate of drug-likeness (QED) is 0.609. The van der Waals surface area contributed by atoms with Gasteiger partial charge in [-0.25, -0.2) is 4.98 Å². The van der Waals surface area contributed by atoms with Crippen LogP contribution in [0.15, 0.2) is 54.9 Å². The van der Waals surface area contributed by atoms with Gasteiger partial charge in [0.05, 0.1) is 5.69 Å². The van der Waals surface area contributed by atoms with E-state index in [1.54, 1.807) is 12.4 Å². The molecule has 2 aromatic heterocycles. The van der Waals surface area contributed by atoms with Gasteiger partial charge in [-0.15, -0.1) is 11.3 Å². The molecule has 0 spiro atoms. The fourth-order valence-corrected chi connectivity index (χ4v) is 5.15. The lowest BCUT2D eigenvalue weighted by atomic mass is 9.84. The van der Waals surface area contributed by atoms with Crippen LogP contribution in [0.1, 0.15) is 40.7 Å². The van der Waals surface area contributed by atoms with E-state index in [1.807, 2.05) is 61.2 Å². The van der Waals surface area contributed by atoms with Gasteiger partial charge >= 0.3 is 0 Å². The van der Waals surface area contributed by atoms with Gasteiger partial charge in [0.1, 0.15) is 9.88 Å². The molecule has 4 rings (SSSR count). The van der Waals surface area contributed by atoms with Crippen LogP contribution in [0, 0.1) is 18.8 Å². The van der Waals surface area contributed by atoms with Gasteiger partial charge in [-0.3, -0.25) is 14.6 Å². The van der Waals surface area contributed by atoms with Gasteiger partial charge in [0, 0.05) is 43.5 Å². The van der Waals surface area contributed by atoms with E-state index >= 15 is 0 Å². The second kappa shape index (κ2) is 10.0. The van der Waals surface area contributed by atoms with Gasteiger partial charge in [-0.2, -0.15) is 0 Å². The summed E-state index contributed by atoms with van der Waals surface area (Å²) in [7, 11) is 0. The Bertz CT molecular complexity index is 1060. The number of carbonyl (C=O) groups is 2. The van der Waals surface area contributed by atoms with Crippen LogP contribution in [0.5, 0.6) is 0 Å². The fourth-order valence-electron chi connectivity index (χ4n) is 4.11. The van der Waals surface area contributed by atoms with E-state index in [-0.39, 0.29) is 23.7 Å². The molecule has 0 radical (unpaired) electrons. The number of likely N-dealkylation sites (tertiary alicyclic amines) is 1. The number of aryl methyl sites for hydroxylation is 1. The van der Waals surface area contributed by atoms with Crippen molar-refractivity contribution < 1.29 is 9.59 Å². The van der Waals surface area contributed by atoms with Gasteiger partial charge in [0.25, 0.3) is 5.91 Å². The number of nitrogens with one attached hydrogen (secondary N) is 1. The van der Waals surface area contributed by atoms with E-state index in [2.05, 4.69) is 15.3 Å². The molecule has 0 bridgehead atoms. The number of pyridine rings is 1. The minimum absolute atomic E-state index is 0.0503. The Morgan fingerprint density at radius 3 is 2.59 bits per heavy atom. The summed E-state index contributed by atoms with van der Waals surface area (Å²) in [5.74, 6) is 0.299. The molecule has 3 aromatic rings. The van der Waals surface area contributed by atoms with Crippen LogP contribution in [0.2, 0.25) is 0 Å². The number of thiazole rings is 1. The number of carbonyl (C=O) groups excluding carboxylic acids is 2. The zero-order chi connectivity index (χ0) is 22.5. The first-order chi connectivity index (χ1) is 15.5. The summed E-state index contributed by atoms with van der Waals surface area (Å²) in [4.78, 5) is 37.1. The van der Waals surface area contributed by atoms with E-state index in [0.29, 0.717) is 24.5 Å². The van der Waals surface area contributed by atoms with Crippen molar-refractivity contribution in [2.24, 2.45) is 11.8 Å². The third-order valence-electron chi connectivity index (χ3n) is 6.15. The average Bonchev–Trinajstić information content (AvgIpc) is 3.24. The van der Waals surface area contributed by atoms with Crippen LogP contribution in [0.3, 0.4) is 0 Å². The Kier molecular flexibility index (Phi) is 6.95. The van der Waals surface area contributed by atoms with E-state index in [1.165, 1.54) is 11.3 Å². The molecule has 3 heterocycles. The lowest BCUT2D eigenvalue weighted by Gasteiger charge is -2.34. The number of nitrogens with zero attached hydrogens (tertiary/aromatic N) is 3. The summed E-state index contributed by atoms with van der Waals surface area (Å²) in [6.45, 7) is 5.71. The third-order valence-corrected chi connectivity index (χ3v) is 7.34. The van der Waals surface area contributed by atoms with E-state index in [4.69, 9.17) is 0 Å². The number of hydrogen-bond acceptors (Lipinski definition) is 5. The number of hydrogen-bond donors (Lipinski definition) is 1. The predicted octanol–water partition coefficient (Wildman–Crippen LogP) is 4.32. The highest BCUT2D eigenvalue weighted by molar-refractivity contribution is 7.17. The molecule has 1 saturated heterocycles. The van der Waals surface area contributed by atoms with Crippen LogP contribution >= 0.6 is 11.3 Å². The molecule has 1 N–H and O–H groups in total. The Labute approximate surface area is 192 Å². The molecule has 32 heavy (non-hydrogen) atoms. The maximum atomic E-state index is 13.1. The summed E-state index contributed by atoms with van der Waals surface area (Å²) in [5, 5.41) is 3.89. The Hall–Kier alpha value is -3.06. The Balaban J connectivity index is 1.32. The predicted molar refractivity (Wildman–Crippen MR) is 126 cm³/mol. The number of rotatable bonds is 6. The smallest absolute Gasteiger partial charge is 0.265 e. The molecule has 166 valence electrons. The lowest BCUT2D eigenvalue weighted by molar-refractivity contribution is -0.126. The molecule has 1 aromatic carbocycles. The molecule has 0 saturated carbocycles. The van der Waals surface area contributed by atoms with Crippen LogP contribution in [0.25, 0.3) is 10.6 Å². The third kappa shape index (κ3) is 5.05. The molecule has 6 nitrogen and oxygen atoms in total. The summed E-state index contributed by atoms with van der Waals surface area (Å²) in [6, 6.07) is 13.8. The Morgan fingerprint density at radius 1 is 1.16 bits per heavy atom. The zero-order valence-electron chi connectivity index (χ0n) is 18.5. The van der Waals surface area contributed by atoms with Crippen molar-refractivity contribution in [3.05, 3.63) is 71.0 Å². The topological polar surface area (TPSA) is 75.2 Å². The molecule has 1 aliphatic heterocycles. The number of piperidine rings is 1. The summed E-state index contributed by atoms with van der Waals surface area (Å²) >= 11 is 1.46. The standard InChI is InChI=1S/C25H28N4O2S/c1-17(23(30)27-16-19-7-6-12-26-15-19)20-10-13-29(14-11-20)25(31)22-18(2)28-24(32-22)21-8-4-3-5-9-21/h3-9,12,15,17,20H,10-11,13-14,16H2,1-2H3,(H,27,30). The molecule has 0 aliphatic carbocycles. The number of benzene rings is 1. The average molecular weight is 449 g/mol. The van der Waals surface area contributed by atoms with Gasteiger partial charge in [0.15, 0.2) is 0 Å². The van der Waals surface area contributed by atoms with Gasteiger partial charge in [-0.1, -0.05) is 43.3 Å². The van der Waals surface area contributed by atoms with E-state index < -0.39 is 0 Å². The highest BCUT2D eigenvalue weighted by atomic mass is 32.1. The molecule has 2 amide bonds. The number of aromatic nitrogens is 2. The highest BCUT2D eigenvalue weighted by Gasteiger charge is 2.31. The van der Waals surface area contributed by atoms with Crippen molar-refractivity contribution in [1.82, 2.24) is 20.2 Å². The van der Waals surface area contributed by atoms with Gasteiger partial charge in [0.2, 0.25) is 5.91 Å².